The molecule has 6 aromatic carbocycles. The van der Waals surface area contributed by atoms with E-state index in [0.717, 1.165) is 11.4 Å². The number of aromatic nitrogens is 2. The minimum atomic E-state index is 1.08. The maximum atomic E-state index is 4.82. The molecule has 0 unspecified atom stereocenters. The van der Waals surface area contributed by atoms with Crippen LogP contribution in [0.1, 0.15) is 0 Å². The molecule has 8 aromatic rings. The molecule has 0 N–H and O–H groups in total. The van der Waals surface area contributed by atoms with Crippen molar-refractivity contribution in [2.75, 3.05) is 0 Å². The average Bonchev–Trinajstić information content (AvgIpc) is 3.52. The summed E-state index contributed by atoms with van der Waals surface area (Å²) >= 11 is 0. The molecule has 2 aromatic heterocycles. The first-order valence-electron chi connectivity index (χ1n) is 13.8. The second-order valence-electron chi connectivity index (χ2n) is 10.9. The largest absolute Gasteiger partial charge is 0.256 e. The molecule has 2 heterocycles. The molecular weight excluding hydrogens is 484 g/mol. The van der Waals surface area contributed by atoms with Crippen molar-refractivity contribution in [3.05, 3.63) is 122 Å². The highest BCUT2D eigenvalue weighted by atomic mass is 14.7. The van der Waals surface area contributed by atoms with Crippen molar-refractivity contribution in [3.63, 3.8) is 0 Å². The van der Waals surface area contributed by atoms with Crippen molar-refractivity contribution in [2.24, 2.45) is 0 Å². The summed E-state index contributed by atoms with van der Waals surface area (Å²) in [5, 5.41) is 10.3. The van der Waals surface area contributed by atoms with Crippen LogP contribution in [-0.2, 0) is 0 Å². The van der Waals surface area contributed by atoms with Crippen LogP contribution < -0.4 is 0 Å². The number of hydrogen-bond acceptors (Lipinski definition) is 2. The predicted molar refractivity (Wildman–Crippen MR) is 166 cm³/mol. The third-order valence-electron chi connectivity index (χ3n) is 9.04. The van der Waals surface area contributed by atoms with Crippen LogP contribution in [0.2, 0.25) is 0 Å². The van der Waals surface area contributed by atoms with E-state index in [0.29, 0.717) is 0 Å². The van der Waals surface area contributed by atoms with Gasteiger partial charge < -0.3 is 0 Å². The van der Waals surface area contributed by atoms with Crippen LogP contribution in [0.25, 0.3) is 99.0 Å². The zero-order valence-electron chi connectivity index (χ0n) is 21.4. The molecule has 2 nitrogen and oxygen atoms in total. The van der Waals surface area contributed by atoms with Gasteiger partial charge in [0.05, 0.1) is 11.4 Å². The van der Waals surface area contributed by atoms with E-state index < -0.39 is 0 Å². The van der Waals surface area contributed by atoms with Gasteiger partial charge in [0, 0.05) is 34.6 Å². The fourth-order valence-electron chi connectivity index (χ4n) is 7.43. The summed E-state index contributed by atoms with van der Waals surface area (Å²) in [4.78, 5) is 9.58. The first kappa shape index (κ1) is 20.6. The zero-order chi connectivity index (χ0) is 25.9. The Morgan fingerprint density at radius 1 is 0.300 bits per heavy atom. The van der Waals surface area contributed by atoms with Crippen LogP contribution in [0, 0.1) is 0 Å². The number of nitrogens with zero attached hydrogens (tertiary/aromatic N) is 2. The van der Waals surface area contributed by atoms with Crippen molar-refractivity contribution in [1.82, 2.24) is 9.97 Å². The highest BCUT2D eigenvalue weighted by molar-refractivity contribution is 6.29. The molecule has 0 spiro atoms. The van der Waals surface area contributed by atoms with Gasteiger partial charge in [-0.25, -0.2) is 0 Å². The Morgan fingerprint density at radius 3 is 1.62 bits per heavy atom. The van der Waals surface area contributed by atoms with E-state index in [2.05, 4.69) is 97.1 Å². The van der Waals surface area contributed by atoms with E-state index in [4.69, 9.17) is 9.97 Å². The lowest BCUT2D eigenvalue weighted by atomic mass is 9.87. The van der Waals surface area contributed by atoms with Gasteiger partial charge in [-0.1, -0.05) is 84.9 Å². The van der Waals surface area contributed by atoms with Crippen LogP contribution >= 0.6 is 0 Å². The van der Waals surface area contributed by atoms with Gasteiger partial charge in [-0.3, -0.25) is 9.97 Å². The molecule has 0 radical (unpaired) electrons. The summed E-state index contributed by atoms with van der Waals surface area (Å²) in [7, 11) is 0. The van der Waals surface area contributed by atoms with Gasteiger partial charge >= 0.3 is 0 Å². The van der Waals surface area contributed by atoms with Gasteiger partial charge in [0.25, 0.3) is 0 Å². The summed E-state index contributed by atoms with van der Waals surface area (Å²) in [5.74, 6) is 0. The highest BCUT2D eigenvalue weighted by Gasteiger charge is 2.26. The van der Waals surface area contributed by atoms with Gasteiger partial charge in [-0.05, 0) is 89.6 Å². The van der Waals surface area contributed by atoms with Crippen molar-refractivity contribution in [2.45, 2.75) is 0 Å². The Bertz CT molecular complexity index is 2400. The first-order valence-corrected chi connectivity index (χ1v) is 13.8. The highest BCUT2D eigenvalue weighted by Crippen LogP contribution is 2.52. The van der Waals surface area contributed by atoms with Crippen LogP contribution in [-0.4, -0.2) is 9.97 Å². The smallest absolute Gasteiger partial charge is 0.0787 e. The summed E-state index contributed by atoms with van der Waals surface area (Å²) in [6.07, 6.45) is 3.81. The Morgan fingerprint density at radius 2 is 0.850 bits per heavy atom. The molecular formula is C38H20N2. The molecule has 0 atom stereocenters. The SMILES string of the molecule is c1cnc2c(c1)-c1cccc3c(-c4cc5c6cccc7c6c(cc5c5ccccc45)-c4ncccc4-7)ccc-2c13. The van der Waals surface area contributed by atoms with Crippen molar-refractivity contribution in [1.29, 1.82) is 0 Å². The Labute approximate surface area is 230 Å². The predicted octanol–water partition coefficient (Wildman–Crippen LogP) is 10.1. The quantitative estimate of drug-likeness (QED) is 0.208. The van der Waals surface area contributed by atoms with Gasteiger partial charge in [-0.15, -0.1) is 0 Å². The number of pyridine rings is 2. The molecule has 40 heavy (non-hydrogen) atoms. The monoisotopic (exact) mass is 504 g/mol. The Kier molecular flexibility index (Phi) is 3.70. The van der Waals surface area contributed by atoms with Crippen molar-refractivity contribution in [3.8, 4) is 55.9 Å². The fourth-order valence-corrected chi connectivity index (χ4v) is 7.43. The number of fused-ring (bicyclic) bond motifs is 10. The van der Waals surface area contributed by atoms with E-state index >= 15 is 0 Å². The van der Waals surface area contributed by atoms with E-state index in [1.54, 1.807) is 0 Å². The molecule has 0 fully saturated rings. The summed E-state index contributed by atoms with van der Waals surface area (Å²) < 4.78 is 0. The van der Waals surface area contributed by atoms with Gasteiger partial charge in [0.1, 0.15) is 0 Å². The van der Waals surface area contributed by atoms with E-state index in [1.165, 1.54) is 87.6 Å². The van der Waals surface area contributed by atoms with Gasteiger partial charge in [0.2, 0.25) is 0 Å². The third kappa shape index (κ3) is 2.41. The topological polar surface area (TPSA) is 25.8 Å². The molecule has 0 bridgehead atoms. The molecule has 0 aliphatic heterocycles. The summed E-state index contributed by atoms with van der Waals surface area (Å²) in [5.41, 5.74) is 12.2. The molecule has 0 saturated heterocycles. The maximum absolute atomic E-state index is 4.82. The number of benzene rings is 6. The summed E-state index contributed by atoms with van der Waals surface area (Å²) in [6, 6.07) is 40.1. The third-order valence-corrected chi connectivity index (χ3v) is 9.04. The summed E-state index contributed by atoms with van der Waals surface area (Å²) in [6.45, 7) is 0. The number of hydrogen-bond donors (Lipinski definition) is 0. The molecule has 10 rings (SSSR count). The first-order chi connectivity index (χ1) is 19.9. The van der Waals surface area contributed by atoms with Gasteiger partial charge in [0.15, 0.2) is 0 Å². The van der Waals surface area contributed by atoms with Crippen LogP contribution in [0.3, 0.4) is 0 Å². The molecule has 0 amide bonds. The second-order valence-corrected chi connectivity index (χ2v) is 10.9. The number of rotatable bonds is 1. The van der Waals surface area contributed by atoms with Gasteiger partial charge in [-0.2, -0.15) is 0 Å². The zero-order valence-corrected chi connectivity index (χ0v) is 21.4. The molecule has 2 aliphatic rings. The maximum Gasteiger partial charge on any atom is 0.0787 e. The van der Waals surface area contributed by atoms with Crippen LogP contribution in [0.5, 0.6) is 0 Å². The lowest BCUT2D eigenvalue weighted by Gasteiger charge is -2.16. The Balaban J connectivity index is 1.36. The van der Waals surface area contributed by atoms with Crippen molar-refractivity contribution < 1.29 is 0 Å². The lowest BCUT2D eigenvalue weighted by Crippen LogP contribution is -1.89. The fraction of sp³-hybridized carbons (Fsp3) is 0. The standard InChI is InChI=1S/C38H20N2/c1-2-8-22-21(7-1)31(23-15-16-30-35-24(23)9-3-10-25(35)28-13-5-17-39-37(28)30)19-33-27-12-4-11-26-29-14-6-18-40-38(29)34(36(26)27)20-32(22)33/h1-20H. The minimum absolute atomic E-state index is 1.08. The molecule has 0 saturated carbocycles. The van der Waals surface area contributed by atoms with Crippen LogP contribution in [0.4, 0.5) is 0 Å². The second kappa shape index (κ2) is 7.19. The van der Waals surface area contributed by atoms with Crippen LogP contribution in [0.15, 0.2) is 122 Å². The van der Waals surface area contributed by atoms with Crippen molar-refractivity contribution >= 4 is 43.1 Å². The molecule has 2 aliphatic carbocycles. The Hall–Kier alpha value is -5.34. The normalized spacial score (nSPS) is 12.5. The van der Waals surface area contributed by atoms with E-state index in [1.807, 2.05) is 24.5 Å². The molecule has 2 heteroatoms. The van der Waals surface area contributed by atoms with E-state index in [9.17, 15) is 0 Å². The average molecular weight is 505 g/mol. The minimum Gasteiger partial charge on any atom is -0.256 e. The molecule has 182 valence electrons. The van der Waals surface area contributed by atoms with E-state index in [-0.39, 0.29) is 0 Å². The lowest BCUT2D eigenvalue weighted by molar-refractivity contribution is 1.35.